The van der Waals surface area contributed by atoms with E-state index in [9.17, 15) is 18.0 Å². The van der Waals surface area contributed by atoms with E-state index in [0.29, 0.717) is 17.7 Å². The maximum atomic E-state index is 12.5. The molecule has 0 bridgehead atoms. The van der Waals surface area contributed by atoms with E-state index in [1.165, 1.54) is 18.5 Å². The van der Waals surface area contributed by atoms with Gasteiger partial charge in [0.25, 0.3) is 0 Å². The highest BCUT2D eigenvalue weighted by atomic mass is 19.4. The van der Waals surface area contributed by atoms with Crippen molar-refractivity contribution in [1.29, 1.82) is 0 Å². The van der Waals surface area contributed by atoms with Crippen LogP contribution in [0.1, 0.15) is 36.3 Å². The molecule has 1 atom stereocenters. The van der Waals surface area contributed by atoms with Gasteiger partial charge < -0.3 is 10.3 Å². The third-order valence-electron chi connectivity index (χ3n) is 3.25. The first-order valence-electron chi connectivity index (χ1n) is 7.24. The summed E-state index contributed by atoms with van der Waals surface area (Å²) < 4.78 is 37.4. The van der Waals surface area contributed by atoms with Crippen LogP contribution in [0.4, 0.5) is 18.0 Å². The fraction of sp³-hybridized carbons (Fsp3) is 0.333. The minimum atomic E-state index is -4.38. The van der Waals surface area contributed by atoms with E-state index >= 15 is 0 Å². The number of amides is 2. The van der Waals surface area contributed by atoms with Crippen molar-refractivity contribution in [2.75, 3.05) is 0 Å². The third kappa shape index (κ3) is 4.98. The van der Waals surface area contributed by atoms with Crippen LogP contribution in [0.15, 0.2) is 36.8 Å². The first-order valence-corrected chi connectivity index (χ1v) is 7.24. The lowest BCUT2D eigenvalue weighted by Crippen LogP contribution is -2.36. The summed E-state index contributed by atoms with van der Waals surface area (Å²) in [6, 6.07) is 3.96. The van der Waals surface area contributed by atoms with E-state index in [0.717, 1.165) is 12.1 Å². The summed E-state index contributed by atoms with van der Waals surface area (Å²) in [5, 5.41) is 2.50. The Morgan fingerprint density at radius 2 is 2.04 bits per heavy atom. The van der Waals surface area contributed by atoms with Crippen LogP contribution < -0.4 is 10.8 Å². The number of rotatable bonds is 6. The predicted molar refractivity (Wildman–Crippen MR) is 79.5 cm³/mol. The van der Waals surface area contributed by atoms with Crippen LogP contribution in [0.5, 0.6) is 0 Å². The molecule has 2 rings (SSSR count). The van der Waals surface area contributed by atoms with Crippen molar-refractivity contribution >= 4 is 6.03 Å². The average Bonchev–Trinajstić information content (AvgIpc) is 3.07. The summed E-state index contributed by atoms with van der Waals surface area (Å²) >= 11 is 0. The molecule has 0 radical (unpaired) electrons. The number of hydrogen-bond acceptors (Lipinski definition) is 3. The molecule has 1 aromatic carbocycles. The normalized spacial score (nSPS) is 12.7. The lowest BCUT2D eigenvalue weighted by atomic mass is 10.1. The number of H-pyrrole nitrogens is 1. The number of benzene rings is 1. The van der Waals surface area contributed by atoms with Gasteiger partial charge in [-0.05, 0) is 24.1 Å². The first-order chi connectivity index (χ1) is 11.4. The Kier molecular flexibility index (Phi) is 5.80. The number of carbonyl (C=O) groups excluding carboxylic acids is 1. The number of nitrogens with zero attached hydrogens (tertiary/aromatic N) is 1. The Morgan fingerprint density at radius 1 is 1.33 bits per heavy atom. The van der Waals surface area contributed by atoms with Crippen LogP contribution in [0, 0.1) is 0 Å². The number of hydrogen-bond donors (Lipinski definition) is 3. The number of aromatic nitrogens is 2. The molecule has 1 heterocycles. The van der Waals surface area contributed by atoms with Crippen LogP contribution in [0.25, 0.3) is 0 Å². The van der Waals surface area contributed by atoms with Gasteiger partial charge in [0, 0.05) is 12.7 Å². The molecule has 9 heteroatoms. The highest BCUT2D eigenvalue weighted by Gasteiger charge is 2.29. The number of imidazole rings is 1. The molecule has 24 heavy (non-hydrogen) atoms. The summed E-state index contributed by atoms with van der Waals surface area (Å²) in [6.45, 7) is 1.95. The molecule has 0 aliphatic rings. The van der Waals surface area contributed by atoms with Gasteiger partial charge in [-0.25, -0.2) is 15.3 Å². The summed E-state index contributed by atoms with van der Waals surface area (Å²) in [5.41, 5.74) is 2.70. The van der Waals surface area contributed by atoms with Gasteiger partial charge in [-0.15, -0.1) is 0 Å². The summed E-state index contributed by atoms with van der Waals surface area (Å²) in [7, 11) is 0. The molecule has 1 aromatic heterocycles. The van der Waals surface area contributed by atoms with Gasteiger partial charge in [0.1, 0.15) is 6.10 Å². The van der Waals surface area contributed by atoms with Gasteiger partial charge in [0.05, 0.1) is 17.6 Å². The van der Waals surface area contributed by atoms with Crippen LogP contribution in [-0.2, 0) is 17.6 Å². The quantitative estimate of drug-likeness (QED) is 0.705. The fourth-order valence-corrected chi connectivity index (χ4v) is 1.96. The predicted octanol–water partition coefficient (Wildman–Crippen LogP) is 3.31. The van der Waals surface area contributed by atoms with Crippen molar-refractivity contribution in [2.24, 2.45) is 0 Å². The molecule has 0 aliphatic heterocycles. The molecule has 1 unspecified atom stereocenters. The number of alkyl halides is 3. The van der Waals surface area contributed by atoms with Crippen LogP contribution in [-0.4, -0.2) is 16.0 Å². The number of hydroxylamine groups is 1. The van der Waals surface area contributed by atoms with Gasteiger partial charge in [-0.3, -0.25) is 4.84 Å². The molecule has 6 nitrogen and oxygen atoms in total. The molecule has 0 fully saturated rings. The fourth-order valence-electron chi connectivity index (χ4n) is 1.96. The molecule has 0 aliphatic carbocycles. The maximum absolute atomic E-state index is 12.5. The molecule has 3 N–H and O–H groups in total. The van der Waals surface area contributed by atoms with E-state index in [1.807, 2.05) is 6.92 Å². The maximum Gasteiger partial charge on any atom is 0.416 e. The standard InChI is InChI=1S/C15H17F3N4O2/c1-2-13(12-8-19-9-21-12)24-22-14(23)20-7-10-3-5-11(6-4-10)15(16,17)18/h3-6,8-9,13H,2,7H2,1H3,(H,19,21)(H2,20,22,23). The van der Waals surface area contributed by atoms with Crippen molar-refractivity contribution in [2.45, 2.75) is 32.2 Å². The largest absolute Gasteiger partial charge is 0.416 e. The van der Waals surface area contributed by atoms with E-state index < -0.39 is 23.9 Å². The second-order valence-corrected chi connectivity index (χ2v) is 4.99. The zero-order chi connectivity index (χ0) is 17.6. The molecule has 0 saturated carbocycles. The molecule has 0 spiro atoms. The Labute approximate surface area is 136 Å². The van der Waals surface area contributed by atoms with Crippen molar-refractivity contribution in [3.63, 3.8) is 0 Å². The highest BCUT2D eigenvalue weighted by Crippen LogP contribution is 2.29. The minimum absolute atomic E-state index is 0.0759. The lowest BCUT2D eigenvalue weighted by molar-refractivity contribution is -0.137. The van der Waals surface area contributed by atoms with E-state index in [4.69, 9.17) is 4.84 Å². The van der Waals surface area contributed by atoms with E-state index in [2.05, 4.69) is 20.8 Å². The Bertz CT molecular complexity index is 642. The minimum Gasteiger partial charge on any atom is -0.351 e. The number of aromatic amines is 1. The second kappa shape index (κ2) is 7.82. The van der Waals surface area contributed by atoms with Crippen molar-refractivity contribution in [3.05, 3.63) is 53.6 Å². The van der Waals surface area contributed by atoms with Gasteiger partial charge >= 0.3 is 12.2 Å². The molecule has 130 valence electrons. The first kappa shape index (κ1) is 17.8. The number of halogens is 3. The van der Waals surface area contributed by atoms with Gasteiger partial charge in [0.15, 0.2) is 0 Å². The zero-order valence-electron chi connectivity index (χ0n) is 12.9. The van der Waals surface area contributed by atoms with E-state index in [1.54, 1.807) is 6.20 Å². The molecule has 0 saturated heterocycles. The topological polar surface area (TPSA) is 79.0 Å². The van der Waals surface area contributed by atoms with Crippen LogP contribution in [0.2, 0.25) is 0 Å². The van der Waals surface area contributed by atoms with Crippen molar-refractivity contribution in [1.82, 2.24) is 20.8 Å². The Morgan fingerprint density at radius 3 is 2.58 bits per heavy atom. The molecular weight excluding hydrogens is 325 g/mol. The molecule has 2 aromatic rings. The third-order valence-corrected chi connectivity index (χ3v) is 3.25. The van der Waals surface area contributed by atoms with Crippen LogP contribution in [0.3, 0.4) is 0 Å². The average molecular weight is 342 g/mol. The van der Waals surface area contributed by atoms with E-state index in [-0.39, 0.29) is 6.54 Å². The summed E-state index contributed by atoms with van der Waals surface area (Å²) in [5.74, 6) is 0. The smallest absolute Gasteiger partial charge is 0.351 e. The summed E-state index contributed by atoms with van der Waals surface area (Å²) in [4.78, 5) is 23.8. The Balaban J connectivity index is 1.78. The van der Waals surface area contributed by atoms with Gasteiger partial charge in [-0.1, -0.05) is 19.1 Å². The summed E-state index contributed by atoms with van der Waals surface area (Å²) in [6.07, 6.45) is -1.00. The zero-order valence-corrected chi connectivity index (χ0v) is 12.9. The second-order valence-electron chi connectivity index (χ2n) is 4.99. The SMILES string of the molecule is CCC(ONC(=O)NCc1ccc(C(F)(F)F)cc1)c1c[nH]cn1. The number of nitrogens with one attached hydrogen (secondary N) is 3. The van der Waals surface area contributed by atoms with Gasteiger partial charge in [-0.2, -0.15) is 13.2 Å². The lowest BCUT2D eigenvalue weighted by Gasteiger charge is -2.14. The Hall–Kier alpha value is -2.55. The van der Waals surface area contributed by atoms with Gasteiger partial charge in [0.2, 0.25) is 0 Å². The van der Waals surface area contributed by atoms with Crippen molar-refractivity contribution < 1.29 is 22.8 Å². The van der Waals surface area contributed by atoms with Crippen molar-refractivity contribution in [3.8, 4) is 0 Å². The highest BCUT2D eigenvalue weighted by molar-refractivity contribution is 5.72. The monoisotopic (exact) mass is 342 g/mol. The molecular formula is C15H17F3N4O2. The number of carbonyl (C=O) groups is 1. The van der Waals surface area contributed by atoms with Crippen LogP contribution >= 0.6 is 0 Å². The molecule has 2 amide bonds. The number of urea groups is 1.